The van der Waals surface area contributed by atoms with Crippen molar-refractivity contribution in [2.24, 2.45) is 5.92 Å². The van der Waals surface area contributed by atoms with Crippen LogP contribution in [0, 0.1) is 11.3 Å². The molecule has 0 amide bonds. The lowest BCUT2D eigenvalue weighted by molar-refractivity contribution is 0.348. The van der Waals surface area contributed by atoms with E-state index >= 15 is 0 Å². The van der Waals surface area contributed by atoms with Gasteiger partial charge >= 0.3 is 0 Å². The highest BCUT2D eigenvalue weighted by Gasteiger charge is 2.04. The number of rotatable bonds is 8. The minimum Gasteiger partial charge on any atom is -0.512 e. The van der Waals surface area contributed by atoms with Crippen molar-refractivity contribution in [1.82, 2.24) is 5.32 Å². The van der Waals surface area contributed by atoms with Gasteiger partial charge in [0.15, 0.2) is 0 Å². The van der Waals surface area contributed by atoms with Crippen LogP contribution in [-0.4, -0.2) is 17.4 Å². The molecule has 0 aromatic rings. The second kappa shape index (κ2) is 8.09. The maximum Gasteiger partial charge on any atom is 0.0943 e. The van der Waals surface area contributed by atoms with Gasteiger partial charge in [0.2, 0.25) is 0 Å². The van der Waals surface area contributed by atoms with Crippen LogP contribution in [0.5, 0.6) is 0 Å². The Labute approximate surface area is 92.4 Å². The van der Waals surface area contributed by atoms with Crippen LogP contribution in [0.4, 0.5) is 0 Å². The Morgan fingerprint density at radius 1 is 1.60 bits per heavy atom. The van der Waals surface area contributed by atoms with Gasteiger partial charge in [-0.1, -0.05) is 13.5 Å². The van der Waals surface area contributed by atoms with Crippen LogP contribution in [0.25, 0.3) is 0 Å². The van der Waals surface area contributed by atoms with E-state index in [-0.39, 0.29) is 0 Å². The van der Waals surface area contributed by atoms with E-state index in [0.29, 0.717) is 23.8 Å². The summed E-state index contributed by atoms with van der Waals surface area (Å²) in [6.07, 6.45) is 6.00. The molecule has 0 aliphatic heterocycles. The van der Waals surface area contributed by atoms with Crippen LogP contribution in [-0.2, 0) is 0 Å². The van der Waals surface area contributed by atoms with E-state index in [1.165, 1.54) is 6.08 Å². The Balaban J connectivity index is 3.68. The van der Waals surface area contributed by atoms with Crippen LogP contribution in [0.3, 0.4) is 0 Å². The summed E-state index contributed by atoms with van der Waals surface area (Å²) in [5, 5.41) is 19.7. The van der Waals surface area contributed by atoms with Crippen molar-refractivity contribution in [3.8, 4) is 0 Å². The summed E-state index contributed by atoms with van der Waals surface area (Å²) in [6, 6.07) is 0. The summed E-state index contributed by atoms with van der Waals surface area (Å²) in [5.41, 5.74) is 0.396. The maximum atomic E-state index is 9.48. The minimum absolute atomic E-state index is 0.312. The van der Waals surface area contributed by atoms with E-state index in [9.17, 15) is 5.11 Å². The van der Waals surface area contributed by atoms with Gasteiger partial charge in [0.25, 0.3) is 0 Å². The molecule has 0 saturated carbocycles. The van der Waals surface area contributed by atoms with Crippen molar-refractivity contribution in [3.63, 3.8) is 0 Å². The molecule has 3 N–H and O–H groups in total. The van der Waals surface area contributed by atoms with Crippen LogP contribution in [0.2, 0.25) is 0 Å². The predicted octanol–water partition coefficient (Wildman–Crippen LogP) is 3.01. The Bertz CT molecular complexity index is 234. The van der Waals surface area contributed by atoms with E-state index in [4.69, 9.17) is 5.41 Å². The van der Waals surface area contributed by atoms with Gasteiger partial charge in [0.05, 0.1) is 5.76 Å². The number of hydrogen-bond acceptors (Lipinski definition) is 3. The molecule has 15 heavy (non-hydrogen) atoms. The molecule has 0 fully saturated rings. The van der Waals surface area contributed by atoms with Crippen LogP contribution < -0.4 is 5.32 Å². The highest BCUT2D eigenvalue weighted by molar-refractivity contribution is 5.90. The normalized spacial score (nSPS) is 13.3. The molecule has 0 aliphatic carbocycles. The fourth-order valence-electron chi connectivity index (χ4n) is 1.42. The average Bonchev–Trinajstić information content (AvgIpc) is 2.10. The molecule has 3 nitrogen and oxygen atoms in total. The van der Waals surface area contributed by atoms with E-state index in [0.717, 1.165) is 19.4 Å². The first-order chi connectivity index (χ1) is 7.06. The molecule has 0 spiro atoms. The fraction of sp³-hybridized carbons (Fsp3) is 0.583. The summed E-state index contributed by atoms with van der Waals surface area (Å²) in [5.74, 6) is 0.763. The minimum atomic E-state index is 0.312. The molecule has 1 atom stereocenters. The quantitative estimate of drug-likeness (QED) is 0.328. The van der Waals surface area contributed by atoms with Crippen molar-refractivity contribution in [1.29, 1.82) is 5.41 Å². The van der Waals surface area contributed by atoms with Crippen molar-refractivity contribution in [2.45, 2.75) is 33.1 Å². The summed E-state index contributed by atoms with van der Waals surface area (Å²) in [7, 11) is 0. The molecular weight excluding hydrogens is 188 g/mol. The third-order valence-corrected chi connectivity index (χ3v) is 2.10. The van der Waals surface area contributed by atoms with Gasteiger partial charge in [-0.25, -0.2) is 0 Å². The van der Waals surface area contributed by atoms with Gasteiger partial charge in [0, 0.05) is 18.7 Å². The van der Waals surface area contributed by atoms with E-state index in [1.54, 1.807) is 13.1 Å². The van der Waals surface area contributed by atoms with Crippen molar-refractivity contribution >= 4 is 5.71 Å². The number of hydrogen-bond donors (Lipinski definition) is 3. The maximum absolute atomic E-state index is 9.48. The molecule has 0 radical (unpaired) electrons. The molecule has 0 aliphatic rings. The molecular formula is C12H22N2O. The standard InChI is InChI=1S/C12H22N2O/c1-4-14-7-5-6-10(2)8-12(15)9-11(3)13/h4,9-10,13-15H,1,5-8H2,2-3H3/b12-9-,13-11?. The Kier molecular flexibility index (Phi) is 7.42. The smallest absolute Gasteiger partial charge is 0.0943 e. The predicted molar refractivity (Wildman–Crippen MR) is 65.3 cm³/mol. The average molecular weight is 210 g/mol. The SMILES string of the molecule is C=CNCCCC(C)C/C(O)=C/C(C)=N. The molecule has 0 heterocycles. The van der Waals surface area contributed by atoms with Crippen molar-refractivity contribution in [2.75, 3.05) is 6.54 Å². The van der Waals surface area contributed by atoms with Gasteiger partial charge in [-0.15, -0.1) is 0 Å². The molecule has 0 bridgehead atoms. The first-order valence-electron chi connectivity index (χ1n) is 5.35. The highest BCUT2D eigenvalue weighted by atomic mass is 16.3. The van der Waals surface area contributed by atoms with Crippen LogP contribution in [0.15, 0.2) is 24.6 Å². The first kappa shape index (κ1) is 13.8. The van der Waals surface area contributed by atoms with E-state index in [2.05, 4.69) is 18.8 Å². The molecule has 0 rings (SSSR count). The lowest BCUT2D eigenvalue weighted by Crippen LogP contribution is -2.08. The summed E-state index contributed by atoms with van der Waals surface area (Å²) in [6.45, 7) is 8.28. The Morgan fingerprint density at radius 3 is 2.80 bits per heavy atom. The number of aliphatic hydroxyl groups is 1. The number of allylic oxidation sites excluding steroid dienone is 2. The Morgan fingerprint density at radius 2 is 2.27 bits per heavy atom. The summed E-state index contributed by atoms with van der Waals surface area (Å²) < 4.78 is 0. The van der Waals surface area contributed by atoms with Gasteiger partial charge in [-0.2, -0.15) is 0 Å². The fourth-order valence-corrected chi connectivity index (χ4v) is 1.42. The van der Waals surface area contributed by atoms with Crippen LogP contribution in [0.1, 0.15) is 33.1 Å². The topological polar surface area (TPSA) is 56.1 Å². The third-order valence-electron chi connectivity index (χ3n) is 2.10. The van der Waals surface area contributed by atoms with E-state index < -0.39 is 0 Å². The summed E-state index contributed by atoms with van der Waals surface area (Å²) in [4.78, 5) is 0. The molecule has 0 aromatic heterocycles. The number of aliphatic hydroxyl groups excluding tert-OH is 1. The zero-order valence-corrected chi connectivity index (χ0v) is 9.71. The largest absolute Gasteiger partial charge is 0.512 e. The van der Waals surface area contributed by atoms with Gasteiger partial charge in [0.1, 0.15) is 0 Å². The van der Waals surface area contributed by atoms with Gasteiger partial charge in [-0.3, -0.25) is 0 Å². The zero-order valence-electron chi connectivity index (χ0n) is 9.71. The second-order valence-electron chi connectivity index (χ2n) is 3.93. The third kappa shape index (κ3) is 9.06. The lowest BCUT2D eigenvalue weighted by Gasteiger charge is -2.10. The molecule has 1 unspecified atom stereocenters. The second-order valence-corrected chi connectivity index (χ2v) is 3.93. The lowest BCUT2D eigenvalue weighted by atomic mass is 10.0. The zero-order chi connectivity index (χ0) is 11.7. The summed E-state index contributed by atoms with van der Waals surface area (Å²) >= 11 is 0. The van der Waals surface area contributed by atoms with E-state index in [1.807, 2.05) is 0 Å². The van der Waals surface area contributed by atoms with Gasteiger partial charge in [-0.05, 0) is 38.0 Å². The molecule has 0 aromatic carbocycles. The number of nitrogens with one attached hydrogen (secondary N) is 2. The Hall–Kier alpha value is -1.25. The van der Waals surface area contributed by atoms with Crippen LogP contribution >= 0.6 is 0 Å². The van der Waals surface area contributed by atoms with Crippen molar-refractivity contribution < 1.29 is 5.11 Å². The highest BCUT2D eigenvalue weighted by Crippen LogP contribution is 2.14. The first-order valence-corrected chi connectivity index (χ1v) is 5.35. The molecule has 0 saturated heterocycles. The molecule has 3 heteroatoms. The van der Waals surface area contributed by atoms with Crippen molar-refractivity contribution in [3.05, 3.63) is 24.6 Å². The molecule has 86 valence electrons. The monoisotopic (exact) mass is 210 g/mol. The van der Waals surface area contributed by atoms with Gasteiger partial charge < -0.3 is 15.8 Å².